The summed E-state index contributed by atoms with van der Waals surface area (Å²) in [6, 6.07) is 9.03. The lowest BCUT2D eigenvalue weighted by Gasteiger charge is -2.37. The topological polar surface area (TPSA) is 24.5 Å². The lowest BCUT2D eigenvalue weighted by molar-refractivity contribution is -0.0456. The molecule has 4 heteroatoms. The first-order chi connectivity index (χ1) is 10.3. The predicted octanol–water partition coefficient (Wildman–Crippen LogP) is 3.27. The maximum Gasteiger partial charge on any atom is 0.0897 e. The maximum atomic E-state index is 6.09. The van der Waals surface area contributed by atoms with Gasteiger partial charge in [-0.3, -0.25) is 4.90 Å². The first-order valence-corrected chi connectivity index (χ1v) is 8.68. The summed E-state index contributed by atoms with van der Waals surface area (Å²) in [5.74, 6) is 0. The van der Waals surface area contributed by atoms with Gasteiger partial charge in [0.15, 0.2) is 0 Å². The fourth-order valence-electron chi connectivity index (χ4n) is 3.26. The highest BCUT2D eigenvalue weighted by molar-refractivity contribution is 7.17. The minimum atomic E-state index is 0.225. The van der Waals surface area contributed by atoms with Crippen molar-refractivity contribution in [2.24, 2.45) is 0 Å². The number of ether oxygens (including phenoxy) is 1. The largest absolute Gasteiger partial charge is 0.374 e. The standard InChI is InChI=1S/C17H24N2OS/c1-3-8-19-9-10-20-15(12-19)16(18-2)14-6-4-5-13-7-11-21-17(13)14/h4-7,11,15-16,18H,3,8-10,12H2,1-2H3. The third-order valence-electron chi connectivity index (χ3n) is 4.24. The molecule has 2 aromatic rings. The summed E-state index contributed by atoms with van der Waals surface area (Å²) in [6.07, 6.45) is 1.43. The molecule has 0 spiro atoms. The smallest absolute Gasteiger partial charge is 0.0897 e. The number of fused-ring (bicyclic) bond motifs is 1. The molecule has 0 amide bonds. The van der Waals surface area contributed by atoms with Crippen LogP contribution in [0.5, 0.6) is 0 Å². The van der Waals surface area contributed by atoms with Gasteiger partial charge in [-0.15, -0.1) is 11.3 Å². The fourth-order valence-corrected chi connectivity index (χ4v) is 4.21. The van der Waals surface area contributed by atoms with Crippen LogP contribution in [0.3, 0.4) is 0 Å². The number of likely N-dealkylation sites (N-methyl/N-ethyl adjacent to an activating group) is 1. The van der Waals surface area contributed by atoms with Crippen LogP contribution in [0.25, 0.3) is 10.1 Å². The fraction of sp³-hybridized carbons (Fsp3) is 0.529. The van der Waals surface area contributed by atoms with Crippen molar-refractivity contribution in [3.63, 3.8) is 0 Å². The Labute approximate surface area is 130 Å². The molecule has 3 rings (SSSR count). The molecule has 1 aliphatic rings. The second kappa shape index (κ2) is 6.88. The van der Waals surface area contributed by atoms with E-state index in [0.717, 1.165) is 19.7 Å². The summed E-state index contributed by atoms with van der Waals surface area (Å²) >= 11 is 1.82. The molecule has 1 N–H and O–H groups in total. The SMILES string of the molecule is CCCN1CCOC(C(NC)c2cccc3ccsc23)C1. The number of nitrogens with one attached hydrogen (secondary N) is 1. The number of hydrogen-bond acceptors (Lipinski definition) is 4. The van der Waals surface area contributed by atoms with Crippen molar-refractivity contribution in [1.82, 2.24) is 10.2 Å². The molecule has 1 aromatic carbocycles. The van der Waals surface area contributed by atoms with Gasteiger partial charge in [-0.1, -0.05) is 25.1 Å². The Morgan fingerprint density at radius 3 is 3.14 bits per heavy atom. The van der Waals surface area contributed by atoms with Crippen molar-refractivity contribution < 1.29 is 4.74 Å². The molecule has 2 heterocycles. The Bertz CT molecular complexity index is 581. The van der Waals surface area contributed by atoms with E-state index in [4.69, 9.17) is 4.74 Å². The van der Waals surface area contributed by atoms with Crippen molar-refractivity contribution in [2.45, 2.75) is 25.5 Å². The lowest BCUT2D eigenvalue weighted by atomic mass is 9.99. The molecule has 0 bridgehead atoms. The quantitative estimate of drug-likeness (QED) is 0.917. The van der Waals surface area contributed by atoms with Crippen molar-refractivity contribution in [3.8, 4) is 0 Å². The van der Waals surface area contributed by atoms with Gasteiger partial charge in [-0.05, 0) is 42.4 Å². The molecular weight excluding hydrogens is 280 g/mol. The molecule has 1 aliphatic heterocycles. The highest BCUT2D eigenvalue weighted by Gasteiger charge is 2.29. The van der Waals surface area contributed by atoms with E-state index in [2.05, 4.69) is 46.8 Å². The number of rotatable bonds is 5. The van der Waals surface area contributed by atoms with Gasteiger partial charge in [-0.25, -0.2) is 0 Å². The van der Waals surface area contributed by atoms with Gasteiger partial charge >= 0.3 is 0 Å². The third-order valence-corrected chi connectivity index (χ3v) is 5.22. The van der Waals surface area contributed by atoms with E-state index in [1.165, 1.54) is 28.6 Å². The van der Waals surface area contributed by atoms with Crippen LogP contribution in [0.1, 0.15) is 24.9 Å². The van der Waals surface area contributed by atoms with E-state index in [9.17, 15) is 0 Å². The van der Waals surface area contributed by atoms with Crippen LogP contribution in [-0.2, 0) is 4.74 Å². The Balaban J connectivity index is 1.85. The lowest BCUT2D eigenvalue weighted by Crippen LogP contribution is -2.47. The second-order valence-electron chi connectivity index (χ2n) is 5.66. The number of benzene rings is 1. The average Bonchev–Trinajstić information content (AvgIpc) is 2.98. The highest BCUT2D eigenvalue weighted by atomic mass is 32.1. The van der Waals surface area contributed by atoms with Gasteiger partial charge in [0, 0.05) is 17.8 Å². The van der Waals surface area contributed by atoms with Crippen LogP contribution in [0.15, 0.2) is 29.6 Å². The van der Waals surface area contributed by atoms with Crippen LogP contribution in [0.2, 0.25) is 0 Å². The zero-order valence-corrected chi connectivity index (χ0v) is 13.7. The number of morpholine rings is 1. The first-order valence-electron chi connectivity index (χ1n) is 7.80. The Morgan fingerprint density at radius 2 is 2.33 bits per heavy atom. The minimum absolute atomic E-state index is 0.225. The number of thiophene rings is 1. The summed E-state index contributed by atoms with van der Waals surface area (Å²) < 4.78 is 7.47. The van der Waals surface area contributed by atoms with Crippen LogP contribution < -0.4 is 5.32 Å². The highest BCUT2D eigenvalue weighted by Crippen LogP contribution is 2.32. The summed E-state index contributed by atoms with van der Waals surface area (Å²) in [5.41, 5.74) is 1.37. The van der Waals surface area contributed by atoms with Crippen molar-refractivity contribution in [3.05, 3.63) is 35.2 Å². The third kappa shape index (κ3) is 3.14. The van der Waals surface area contributed by atoms with E-state index >= 15 is 0 Å². The van der Waals surface area contributed by atoms with Crippen LogP contribution in [0.4, 0.5) is 0 Å². The minimum Gasteiger partial charge on any atom is -0.374 e. The predicted molar refractivity (Wildman–Crippen MR) is 90.1 cm³/mol. The van der Waals surface area contributed by atoms with Crippen LogP contribution >= 0.6 is 11.3 Å². The molecule has 2 unspecified atom stereocenters. The molecule has 2 atom stereocenters. The maximum absolute atomic E-state index is 6.09. The van der Waals surface area contributed by atoms with Crippen molar-refractivity contribution in [1.29, 1.82) is 0 Å². The van der Waals surface area contributed by atoms with Gasteiger partial charge in [0.25, 0.3) is 0 Å². The van der Waals surface area contributed by atoms with E-state index < -0.39 is 0 Å². The van der Waals surface area contributed by atoms with Gasteiger partial charge in [-0.2, -0.15) is 0 Å². The van der Waals surface area contributed by atoms with Gasteiger partial charge in [0.05, 0.1) is 18.8 Å². The molecule has 1 fully saturated rings. The summed E-state index contributed by atoms with van der Waals surface area (Å²) in [7, 11) is 2.04. The normalized spacial score (nSPS) is 21.7. The molecule has 1 saturated heterocycles. The molecule has 0 aliphatic carbocycles. The van der Waals surface area contributed by atoms with Crippen LogP contribution in [0, 0.1) is 0 Å². The van der Waals surface area contributed by atoms with Crippen LogP contribution in [-0.4, -0.2) is 44.3 Å². The van der Waals surface area contributed by atoms with Gasteiger partial charge in [0.2, 0.25) is 0 Å². The summed E-state index contributed by atoms with van der Waals surface area (Å²) in [4.78, 5) is 2.52. The molecular formula is C17H24N2OS. The van der Waals surface area contributed by atoms with E-state index in [0.29, 0.717) is 0 Å². The van der Waals surface area contributed by atoms with Gasteiger partial charge in [0.1, 0.15) is 0 Å². The van der Waals surface area contributed by atoms with E-state index in [1.54, 1.807) is 0 Å². The molecule has 114 valence electrons. The monoisotopic (exact) mass is 304 g/mol. The zero-order valence-electron chi connectivity index (χ0n) is 12.8. The summed E-state index contributed by atoms with van der Waals surface area (Å²) in [6.45, 7) is 6.32. The first kappa shape index (κ1) is 15.0. The molecule has 3 nitrogen and oxygen atoms in total. The van der Waals surface area contributed by atoms with Crippen molar-refractivity contribution in [2.75, 3.05) is 33.3 Å². The summed E-state index contributed by atoms with van der Waals surface area (Å²) in [5, 5.41) is 6.99. The van der Waals surface area contributed by atoms with Gasteiger partial charge < -0.3 is 10.1 Å². The average molecular weight is 304 g/mol. The molecule has 21 heavy (non-hydrogen) atoms. The zero-order chi connectivity index (χ0) is 14.7. The number of nitrogens with zero attached hydrogens (tertiary/aromatic N) is 1. The second-order valence-corrected chi connectivity index (χ2v) is 6.58. The van der Waals surface area contributed by atoms with E-state index in [1.807, 2.05) is 18.4 Å². The Hall–Kier alpha value is -0.940. The number of hydrogen-bond donors (Lipinski definition) is 1. The molecule has 0 radical (unpaired) electrons. The molecule has 1 aromatic heterocycles. The van der Waals surface area contributed by atoms with E-state index in [-0.39, 0.29) is 12.1 Å². The van der Waals surface area contributed by atoms with Crippen molar-refractivity contribution >= 4 is 21.4 Å². The Kier molecular flexibility index (Phi) is 4.91. The molecule has 0 saturated carbocycles. The Morgan fingerprint density at radius 1 is 1.43 bits per heavy atom.